The van der Waals surface area contributed by atoms with Gasteiger partial charge in [-0.2, -0.15) is 0 Å². The van der Waals surface area contributed by atoms with Crippen molar-refractivity contribution in [1.82, 2.24) is 0 Å². The van der Waals surface area contributed by atoms with Crippen molar-refractivity contribution < 1.29 is 4.79 Å². The van der Waals surface area contributed by atoms with Gasteiger partial charge in [0.2, 0.25) is 0 Å². The minimum Gasteiger partial charge on any atom is -0.397 e. The predicted octanol–water partition coefficient (Wildman–Crippen LogP) is 4.78. The molecule has 0 aliphatic heterocycles. The molecule has 6 heteroatoms. The lowest BCUT2D eigenvalue weighted by Gasteiger charge is -2.24. The highest BCUT2D eigenvalue weighted by Crippen LogP contribution is 2.33. The van der Waals surface area contributed by atoms with Crippen molar-refractivity contribution in [3.63, 3.8) is 0 Å². The summed E-state index contributed by atoms with van der Waals surface area (Å²) in [5.74, 6) is -0.219. The summed E-state index contributed by atoms with van der Waals surface area (Å²) in [7, 11) is 0. The van der Waals surface area contributed by atoms with Gasteiger partial charge in [-0.25, -0.2) is 0 Å². The van der Waals surface area contributed by atoms with Gasteiger partial charge < -0.3 is 16.0 Å². The number of nitrogens with two attached hydrogens (primary N) is 1. The Morgan fingerprint density at radius 1 is 1.26 bits per heavy atom. The molecule has 0 aliphatic carbocycles. The number of amides is 1. The molecule has 0 spiro atoms. The van der Waals surface area contributed by atoms with Gasteiger partial charge in [-0.15, -0.1) is 0 Å². The van der Waals surface area contributed by atoms with Crippen molar-refractivity contribution in [2.45, 2.75) is 13.8 Å². The topological polar surface area (TPSA) is 58.4 Å². The number of anilines is 3. The van der Waals surface area contributed by atoms with Crippen LogP contribution in [0, 0.1) is 0 Å². The lowest BCUT2D eigenvalue weighted by Crippen LogP contribution is -2.23. The first-order valence-electron chi connectivity index (χ1n) is 7.37. The third kappa shape index (κ3) is 4.18. The Morgan fingerprint density at radius 3 is 2.57 bits per heavy atom. The summed E-state index contributed by atoms with van der Waals surface area (Å²) in [5.41, 5.74) is 8.62. The van der Waals surface area contributed by atoms with Crippen LogP contribution in [0.3, 0.4) is 0 Å². The lowest BCUT2D eigenvalue weighted by molar-refractivity contribution is 0.102. The molecule has 0 unspecified atom stereocenters. The fourth-order valence-corrected chi connectivity index (χ4v) is 2.95. The minimum atomic E-state index is -0.219. The molecular weight excluding hydrogens is 378 g/mol. The van der Waals surface area contributed by atoms with Gasteiger partial charge in [0, 0.05) is 23.1 Å². The van der Waals surface area contributed by atoms with Crippen molar-refractivity contribution in [2.75, 3.05) is 29.0 Å². The molecule has 0 heterocycles. The smallest absolute Gasteiger partial charge is 0.255 e. The van der Waals surface area contributed by atoms with Gasteiger partial charge in [-0.1, -0.05) is 33.6 Å². The Bertz CT molecular complexity index is 717. The number of carbonyl (C=O) groups is 1. The van der Waals surface area contributed by atoms with Crippen LogP contribution in [-0.4, -0.2) is 19.0 Å². The van der Waals surface area contributed by atoms with E-state index in [1.165, 1.54) is 0 Å². The highest BCUT2D eigenvalue weighted by atomic mass is 79.9. The Hall–Kier alpha value is -1.72. The van der Waals surface area contributed by atoms with Crippen LogP contribution in [0.1, 0.15) is 24.2 Å². The Morgan fingerprint density at radius 2 is 1.96 bits per heavy atom. The zero-order valence-electron chi connectivity index (χ0n) is 13.1. The Kier molecular flexibility index (Phi) is 5.91. The highest BCUT2D eigenvalue weighted by molar-refractivity contribution is 9.10. The number of halogens is 2. The second-order valence-electron chi connectivity index (χ2n) is 5.03. The van der Waals surface area contributed by atoms with Crippen LogP contribution in [0.2, 0.25) is 5.02 Å². The molecule has 122 valence electrons. The van der Waals surface area contributed by atoms with Crippen molar-refractivity contribution in [1.29, 1.82) is 0 Å². The molecule has 0 fully saturated rings. The van der Waals surface area contributed by atoms with Crippen molar-refractivity contribution in [2.24, 2.45) is 0 Å². The molecule has 2 rings (SSSR count). The molecule has 0 radical (unpaired) electrons. The second kappa shape index (κ2) is 7.70. The number of carbonyl (C=O) groups excluding carboxylic acids is 1. The second-order valence-corrected chi connectivity index (χ2v) is 6.35. The first-order chi connectivity index (χ1) is 11.0. The van der Waals surface area contributed by atoms with E-state index in [0.717, 1.165) is 23.2 Å². The quantitative estimate of drug-likeness (QED) is 0.715. The number of hydrogen-bond donors (Lipinski definition) is 2. The summed E-state index contributed by atoms with van der Waals surface area (Å²) >= 11 is 9.59. The number of nitrogens with zero attached hydrogens (tertiary/aromatic N) is 1. The van der Waals surface area contributed by atoms with Crippen LogP contribution >= 0.6 is 27.5 Å². The standard InChI is InChI=1S/C17H19BrClN3O/c1-3-22(4-2)16-10-15(13(19)9-14(16)20)21-17(23)11-6-5-7-12(18)8-11/h5-10H,3-4,20H2,1-2H3,(H,21,23). The maximum atomic E-state index is 12.4. The van der Waals surface area contributed by atoms with E-state index in [9.17, 15) is 4.79 Å². The van der Waals surface area contributed by atoms with Gasteiger partial charge in [0.15, 0.2) is 0 Å². The van der Waals surface area contributed by atoms with Crippen LogP contribution in [-0.2, 0) is 0 Å². The van der Waals surface area contributed by atoms with Crippen LogP contribution in [0.25, 0.3) is 0 Å². The first-order valence-corrected chi connectivity index (χ1v) is 8.54. The van der Waals surface area contributed by atoms with Gasteiger partial charge in [0.1, 0.15) is 0 Å². The SMILES string of the molecule is CCN(CC)c1cc(NC(=O)c2cccc(Br)c2)c(Cl)cc1N. The average molecular weight is 397 g/mol. The van der Waals surface area contributed by atoms with E-state index in [1.807, 2.05) is 18.2 Å². The lowest BCUT2D eigenvalue weighted by atomic mass is 10.2. The third-order valence-corrected chi connectivity index (χ3v) is 4.36. The fraction of sp³-hybridized carbons (Fsp3) is 0.235. The van der Waals surface area contributed by atoms with E-state index in [-0.39, 0.29) is 5.91 Å². The largest absolute Gasteiger partial charge is 0.397 e. The summed E-state index contributed by atoms with van der Waals surface area (Å²) in [5, 5.41) is 3.27. The zero-order valence-corrected chi connectivity index (χ0v) is 15.4. The van der Waals surface area contributed by atoms with E-state index in [2.05, 4.69) is 40.0 Å². The monoisotopic (exact) mass is 395 g/mol. The summed E-state index contributed by atoms with van der Waals surface area (Å²) in [6.07, 6.45) is 0. The van der Waals surface area contributed by atoms with E-state index in [0.29, 0.717) is 22.0 Å². The Balaban J connectivity index is 2.32. The van der Waals surface area contributed by atoms with Crippen LogP contribution < -0.4 is 16.0 Å². The molecule has 2 aromatic carbocycles. The molecule has 0 atom stereocenters. The third-order valence-electron chi connectivity index (χ3n) is 3.56. The minimum absolute atomic E-state index is 0.219. The van der Waals surface area contributed by atoms with Gasteiger partial charge in [0.05, 0.1) is 22.1 Å². The average Bonchev–Trinajstić information content (AvgIpc) is 2.52. The first kappa shape index (κ1) is 17.6. The molecule has 4 nitrogen and oxygen atoms in total. The van der Waals surface area contributed by atoms with Gasteiger partial charge in [0.25, 0.3) is 5.91 Å². The molecule has 0 saturated carbocycles. The molecule has 2 aromatic rings. The van der Waals surface area contributed by atoms with Crippen LogP contribution in [0.4, 0.5) is 17.1 Å². The number of rotatable bonds is 5. The van der Waals surface area contributed by atoms with Crippen molar-refractivity contribution in [3.05, 3.63) is 51.5 Å². The van der Waals surface area contributed by atoms with Crippen LogP contribution in [0.15, 0.2) is 40.9 Å². The predicted molar refractivity (Wildman–Crippen MR) is 102 cm³/mol. The molecule has 3 N–H and O–H groups in total. The van der Waals surface area contributed by atoms with Gasteiger partial charge in [-0.3, -0.25) is 4.79 Å². The van der Waals surface area contributed by atoms with Crippen molar-refractivity contribution >= 4 is 50.5 Å². The van der Waals surface area contributed by atoms with E-state index in [1.54, 1.807) is 18.2 Å². The number of nitrogen functional groups attached to an aromatic ring is 1. The van der Waals surface area contributed by atoms with E-state index >= 15 is 0 Å². The normalized spacial score (nSPS) is 10.4. The molecule has 0 aromatic heterocycles. The summed E-state index contributed by atoms with van der Waals surface area (Å²) in [6, 6.07) is 10.7. The summed E-state index contributed by atoms with van der Waals surface area (Å²) in [6.45, 7) is 5.75. The van der Waals surface area contributed by atoms with Crippen molar-refractivity contribution in [3.8, 4) is 0 Å². The zero-order chi connectivity index (χ0) is 17.0. The van der Waals surface area contributed by atoms with E-state index < -0.39 is 0 Å². The summed E-state index contributed by atoms with van der Waals surface area (Å²) in [4.78, 5) is 14.5. The number of nitrogens with one attached hydrogen (secondary N) is 1. The molecule has 23 heavy (non-hydrogen) atoms. The highest BCUT2D eigenvalue weighted by Gasteiger charge is 2.14. The molecular formula is C17H19BrClN3O. The summed E-state index contributed by atoms with van der Waals surface area (Å²) < 4.78 is 0.845. The van der Waals surface area contributed by atoms with E-state index in [4.69, 9.17) is 17.3 Å². The maximum Gasteiger partial charge on any atom is 0.255 e. The number of benzene rings is 2. The number of hydrogen-bond acceptors (Lipinski definition) is 3. The Labute approximate surface area is 149 Å². The van der Waals surface area contributed by atoms with Crippen LogP contribution in [0.5, 0.6) is 0 Å². The van der Waals surface area contributed by atoms with Gasteiger partial charge in [-0.05, 0) is 44.2 Å². The maximum absolute atomic E-state index is 12.4. The van der Waals surface area contributed by atoms with Gasteiger partial charge >= 0.3 is 0 Å². The molecule has 0 saturated heterocycles. The molecule has 1 amide bonds. The fourth-order valence-electron chi connectivity index (χ4n) is 2.34. The molecule has 0 aliphatic rings. The molecule has 0 bridgehead atoms.